The maximum atomic E-state index is 12.2. The highest BCUT2D eigenvalue weighted by Crippen LogP contribution is 2.14. The first-order valence-corrected chi connectivity index (χ1v) is 8.28. The van der Waals surface area contributed by atoms with Crippen molar-refractivity contribution in [1.29, 1.82) is 5.26 Å². The normalized spacial score (nSPS) is 14.2. The Morgan fingerprint density at radius 3 is 2.21 bits per heavy atom. The Labute approximate surface area is 142 Å². The molecule has 2 rings (SSSR count). The number of rotatable bonds is 6. The molecule has 0 unspecified atom stereocenters. The van der Waals surface area contributed by atoms with Gasteiger partial charge in [-0.3, -0.25) is 9.59 Å². The zero-order valence-electron chi connectivity index (χ0n) is 14.0. The van der Waals surface area contributed by atoms with E-state index in [0.717, 1.165) is 12.8 Å². The Hall–Kier alpha value is -2.55. The highest BCUT2D eigenvalue weighted by atomic mass is 16.5. The summed E-state index contributed by atoms with van der Waals surface area (Å²) in [4.78, 5) is 27.1. The number of amides is 2. The summed E-state index contributed by atoms with van der Waals surface area (Å²) in [5.41, 5.74) is 1.26. The molecule has 1 fully saturated rings. The maximum absolute atomic E-state index is 12.2. The van der Waals surface area contributed by atoms with Crippen LogP contribution in [0.25, 0.3) is 0 Å². The molecule has 0 aromatic heterocycles. The quantitative estimate of drug-likeness (QED) is 0.794. The molecule has 6 nitrogen and oxygen atoms in total. The molecule has 1 saturated heterocycles. The molecule has 1 heterocycles. The second kappa shape index (κ2) is 8.92. The average molecular weight is 329 g/mol. The minimum Gasteiger partial charge on any atom is -0.484 e. The van der Waals surface area contributed by atoms with E-state index >= 15 is 0 Å². The van der Waals surface area contributed by atoms with Crippen LogP contribution in [-0.4, -0.2) is 54.4 Å². The molecule has 1 aromatic rings. The summed E-state index contributed by atoms with van der Waals surface area (Å²) in [5, 5.41) is 8.55. The molecule has 24 heavy (non-hydrogen) atoms. The van der Waals surface area contributed by atoms with Gasteiger partial charge >= 0.3 is 0 Å². The van der Waals surface area contributed by atoms with Gasteiger partial charge in [-0.15, -0.1) is 0 Å². The zero-order chi connectivity index (χ0) is 17.4. The van der Waals surface area contributed by atoms with Crippen LogP contribution in [0, 0.1) is 11.3 Å². The second-order valence-corrected chi connectivity index (χ2v) is 5.78. The lowest BCUT2D eigenvalue weighted by molar-refractivity contribution is -0.140. The topological polar surface area (TPSA) is 73.6 Å². The van der Waals surface area contributed by atoms with Crippen molar-refractivity contribution in [3.63, 3.8) is 0 Å². The summed E-state index contributed by atoms with van der Waals surface area (Å²) in [5.74, 6) is 0.430. The highest BCUT2D eigenvalue weighted by Gasteiger charge is 2.23. The Kier molecular flexibility index (Phi) is 6.62. The van der Waals surface area contributed by atoms with Gasteiger partial charge in [0.2, 0.25) is 5.91 Å². The van der Waals surface area contributed by atoms with E-state index in [4.69, 9.17) is 10.00 Å². The SMILES string of the molecule is CCCc1ccc(OCC(=O)N2CCN(C(=O)CC#N)CC2)cc1. The minimum atomic E-state index is -0.173. The molecule has 1 aromatic carbocycles. The number of carbonyl (C=O) groups is 2. The van der Waals surface area contributed by atoms with Gasteiger partial charge in [-0.25, -0.2) is 0 Å². The molecule has 2 amide bonds. The number of aryl methyl sites for hydroxylation is 1. The fraction of sp³-hybridized carbons (Fsp3) is 0.500. The van der Waals surface area contributed by atoms with Gasteiger partial charge in [-0.1, -0.05) is 25.5 Å². The van der Waals surface area contributed by atoms with Crippen molar-refractivity contribution in [2.24, 2.45) is 0 Å². The number of benzene rings is 1. The second-order valence-electron chi connectivity index (χ2n) is 5.78. The van der Waals surface area contributed by atoms with Crippen molar-refractivity contribution < 1.29 is 14.3 Å². The van der Waals surface area contributed by atoms with E-state index < -0.39 is 0 Å². The summed E-state index contributed by atoms with van der Waals surface area (Å²) in [6, 6.07) is 9.66. The summed E-state index contributed by atoms with van der Waals surface area (Å²) < 4.78 is 5.55. The first-order valence-electron chi connectivity index (χ1n) is 8.28. The van der Waals surface area contributed by atoms with Crippen molar-refractivity contribution in [2.75, 3.05) is 32.8 Å². The van der Waals surface area contributed by atoms with Crippen LogP contribution in [0.15, 0.2) is 24.3 Å². The Morgan fingerprint density at radius 1 is 1.08 bits per heavy atom. The molecule has 1 aliphatic heterocycles. The van der Waals surface area contributed by atoms with Gasteiger partial charge in [-0.2, -0.15) is 5.26 Å². The van der Waals surface area contributed by atoms with E-state index in [9.17, 15) is 9.59 Å². The minimum absolute atomic E-state index is 0.000728. The van der Waals surface area contributed by atoms with E-state index in [2.05, 4.69) is 6.92 Å². The lowest BCUT2D eigenvalue weighted by Gasteiger charge is -2.34. The average Bonchev–Trinajstić information content (AvgIpc) is 2.61. The smallest absolute Gasteiger partial charge is 0.260 e. The van der Waals surface area contributed by atoms with E-state index in [0.29, 0.717) is 31.9 Å². The first kappa shape index (κ1) is 17.8. The van der Waals surface area contributed by atoms with Gasteiger partial charge in [0.25, 0.3) is 5.91 Å². The predicted molar refractivity (Wildman–Crippen MR) is 89.3 cm³/mol. The van der Waals surface area contributed by atoms with Crippen LogP contribution < -0.4 is 4.74 Å². The van der Waals surface area contributed by atoms with Crippen LogP contribution in [0.1, 0.15) is 25.3 Å². The molecule has 1 aliphatic rings. The Bertz CT molecular complexity index is 599. The number of hydrogen-bond acceptors (Lipinski definition) is 4. The van der Waals surface area contributed by atoms with Crippen molar-refractivity contribution in [3.05, 3.63) is 29.8 Å². The van der Waals surface area contributed by atoms with Gasteiger partial charge in [0, 0.05) is 26.2 Å². The Balaban J connectivity index is 1.75. The molecular weight excluding hydrogens is 306 g/mol. The van der Waals surface area contributed by atoms with Crippen molar-refractivity contribution in [3.8, 4) is 11.8 Å². The number of hydrogen-bond donors (Lipinski definition) is 0. The van der Waals surface area contributed by atoms with Crippen molar-refractivity contribution in [2.45, 2.75) is 26.2 Å². The molecule has 0 bridgehead atoms. The maximum Gasteiger partial charge on any atom is 0.260 e. The van der Waals surface area contributed by atoms with Gasteiger partial charge in [0.05, 0.1) is 6.07 Å². The summed E-state index contributed by atoms with van der Waals surface area (Å²) in [7, 11) is 0. The fourth-order valence-corrected chi connectivity index (χ4v) is 2.66. The molecule has 0 atom stereocenters. The van der Waals surface area contributed by atoms with Crippen LogP contribution in [0.4, 0.5) is 0 Å². The van der Waals surface area contributed by atoms with Crippen molar-refractivity contribution >= 4 is 11.8 Å². The predicted octanol–water partition coefficient (Wildman–Crippen LogP) is 1.60. The summed E-state index contributed by atoms with van der Waals surface area (Å²) in [6.07, 6.45) is 2.03. The standard InChI is InChI=1S/C18H23N3O3/c1-2-3-15-4-6-16(7-5-15)24-14-18(23)21-12-10-20(11-13-21)17(22)8-9-19/h4-7H,2-3,8,10-14H2,1H3. The molecule has 0 radical (unpaired) electrons. The van der Waals surface area contributed by atoms with E-state index in [1.165, 1.54) is 5.56 Å². The molecular formula is C18H23N3O3. The third-order valence-corrected chi connectivity index (χ3v) is 4.04. The van der Waals surface area contributed by atoms with Gasteiger partial charge in [0.15, 0.2) is 6.61 Å². The lowest BCUT2D eigenvalue weighted by Crippen LogP contribution is -2.51. The van der Waals surface area contributed by atoms with E-state index in [1.54, 1.807) is 9.80 Å². The summed E-state index contributed by atoms with van der Waals surface area (Å²) >= 11 is 0. The van der Waals surface area contributed by atoms with Crippen LogP contribution in [0.5, 0.6) is 5.75 Å². The molecule has 0 spiro atoms. The van der Waals surface area contributed by atoms with Gasteiger partial charge in [-0.05, 0) is 24.1 Å². The van der Waals surface area contributed by atoms with Crippen LogP contribution in [0.2, 0.25) is 0 Å². The molecule has 128 valence electrons. The van der Waals surface area contributed by atoms with Crippen molar-refractivity contribution in [1.82, 2.24) is 9.80 Å². The monoisotopic (exact) mass is 329 g/mol. The Morgan fingerprint density at radius 2 is 1.67 bits per heavy atom. The van der Waals surface area contributed by atoms with E-state index in [-0.39, 0.29) is 24.8 Å². The van der Waals surface area contributed by atoms with Crippen LogP contribution in [0.3, 0.4) is 0 Å². The number of nitrogens with zero attached hydrogens (tertiary/aromatic N) is 3. The van der Waals surface area contributed by atoms with Gasteiger partial charge < -0.3 is 14.5 Å². The molecule has 6 heteroatoms. The molecule has 0 saturated carbocycles. The van der Waals surface area contributed by atoms with E-state index in [1.807, 2.05) is 30.3 Å². The summed E-state index contributed by atoms with van der Waals surface area (Å²) in [6.45, 7) is 4.04. The van der Waals surface area contributed by atoms with Crippen LogP contribution in [-0.2, 0) is 16.0 Å². The molecule has 0 N–H and O–H groups in total. The lowest BCUT2D eigenvalue weighted by atomic mass is 10.1. The number of ether oxygens (including phenoxy) is 1. The largest absolute Gasteiger partial charge is 0.484 e. The van der Waals surface area contributed by atoms with Gasteiger partial charge in [0.1, 0.15) is 12.2 Å². The first-order chi connectivity index (χ1) is 11.6. The van der Waals surface area contributed by atoms with Crippen LogP contribution >= 0.6 is 0 Å². The molecule has 0 aliphatic carbocycles. The third-order valence-electron chi connectivity index (χ3n) is 4.04. The highest BCUT2D eigenvalue weighted by molar-refractivity contribution is 5.80. The third kappa shape index (κ3) is 4.98. The number of nitriles is 1. The number of carbonyl (C=O) groups excluding carboxylic acids is 2. The fourth-order valence-electron chi connectivity index (χ4n) is 2.66. The zero-order valence-corrected chi connectivity index (χ0v) is 14.0. The number of piperazine rings is 1.